The van der Waals surface area contributed by atoms with Gasteiger partial charge in [-0.1, -0.05) is 0 Å². The Morgan fingerprint density at radius 3 is 2.27 bits per heavy atom. The van der Waals surface area contributed by atoms with E-state index in [2.05, 4.69) is 5.32 Å². The second-order valence-electron chi connectivity index (χ2n) is 6.74. The summed E-state index contributed by atoms with van der Waals surface area (Å²) in [6, 6.07) is 5.51. The Balaban J connectivity index is 1.57. The van der Waals surface area contributed by atoms with E-state index in [9.17, 15) is 9.59 Å². The van der Waals surface area contributed by atoms with Gasteiger partial charge in [0.15, 0.2) is 0 Å². The Morgan fingerprint density at radius 1 is 1.08 bits per heavy atom. The van der Waals surface area contributed by atoms with Crippen LogP contribution in [0.1, 0.15) is 29.6 Å². The number of hydrogen-bond acceptors (Lipinski definition) is 5. The molecule has 0 aliphatic carbocycles. The molecule has 1 aromatic carbocycles. The maximum absolute atomic E-state index is 12.8. The maximum atomic E-state index is 12.8. The van der Waals surface area contributed by atoms with Gasteiger partial charge in [0.25, 0.3) is 5.91 Å². The van der Waals surface area contributed by atoms with Crippen LogP contribution in [0.25, 0.3) is 0 Å². The molecule has 26 heavy (non-hydrogen) atoms. The van der Waals surface area contributed by atoms with E-state index in [0.29, 0.717) is 49.0 Å². The molecular weight excluding hydrogens is 352 g/mol. The number of nitrogens with one attached hydrogen (secondary N) is 1. The Hall–Kier alpha value is -1.89. The molecule has 1 atom stereocenters. The van der Waals surface area contributed by atoms with Gasteiger partial charge in [0.05, 0.1) is 14.2 Å². The average molecular weight is 378 g/mol. The van der Waals surface area contributed by atoms with Crippen molar-refractivity contribution >= 4 is 23.6 Å². The molecule has 2 aliphatic heterocycles. The fraction of sp³-hybridized carbons (Fsp3) is 0.579. The molecule has 2 heterocycles. The lowest BCUT2D eigenvalue weighted by molar-refractivity contribution is -0.126. The first-order valence-electron chi connectivity index (χ1n) is 9.01. The number of amides is 2. The first-order chi connectivity index (χ1) is 12.6. The zero-order valence-corrected chi connectivity index (χ0v) is 16.1. The van der Waals surface area contributed by atoms with Crippen molar-refractivity contribution in [1.29, 1.82) is 0 Å². The normalized spacial score (nSPS) is 20.7. The number of hydrogen-bond donors (Lipinski definition) is 1. The largest absolute Gasteiger partial charge is 0.497 e. The topological polar surface area (TPSA) is 67.9 Å². The van der Waals surface area contributed by atoms with Crippen molar-refractivity contribution in [3.63, 3.8) is 0 Å². The number of likely N-dealkylation sites (tertiary alicyclic amines) is 1. The summed E-state index contributed by atoms with van der Waals surface area (Å²) in [5.41, 5.74) is 0.548. The van der Waals surface area contributed by atoms with E-state index >= 15 is 0 Å². The smallest absolute Gasteiger partial charge is 0.254 e. The van der Waals surface area contributed by atoms with E-state index in [1.807, 2.05) is 16.7 Å². The minimum Gasteiger partial charge on any atom is -0.497 e. The van der Waals surface area contributed by atoms with E-state index in [4.69, 9.17) is 9.47 Å². The molecule has 0 saturated carbocycles. The average Bonchev–Trinajstić information content (AvgIpc) is 3.20. The zero-order valence-electron chi connectivity index (χ0n) is 15.3. The number of piperidine rings is 1. The Labute approximate surface area is 158 Å². The van der Waals surface area contributed by atoms with Crippen LogP contribution in [0.3, 0.4) is 0 Å². The second kappa shape index (κ2) is 8.66. The summed E-state index contributed by atoms with van der Waals surface area (Å²) in [5.74, 6) is 3.43. The third-order valence-electron chi connectivity index (χ3n) is 5.03. The molecule has 2 fully saturated rings. The van der Waals surface area contributed by atoms with Crippen LogP contribution in [0, 0.1) is 5.92 Å². The summed E-state index contributed by atoms with van der Waals surface area (Å²) in [5, 5.41) is 3.16. The van der Waals surface area contributed by atoms with Crippen molar-refractivity contribution in [2.45, 2.75) is 25.3 Å². The molecular formula is C19H26N2O4S. The highest BCUT2D eigenvalue weighted by molar-refractivity contribution is 7.99. The summed E-state index contributed by atoms with van der Waals surface area (Å²) in [6.45, 7) is 1.19. The van der Waals surface area contributed by atoms with Gasteiger partial charge in [0, 0.05) is 42.4 Å². The van der Waals surface area contributed by atoms with Crippen molar-refractivity contribution < 1.29 is 19.1 Å². The fourth-order valence-electron chi connectivity index (χ4n) is 3.43. The van der Waals surface area contributed by atoms with Crippen molar-refractivity contribution in [2.75, 3.05) is 38.8 Å². The standard InChI is InChI=1S/C19H26N2O4S/c1-24-16-9-14(10-17(11-16)25-2)19(23)21-6-3-13(4-7-21)18(22)20-15-5-8-26-12-15/h9-11,13,15H,3-8,12H2,1-2H3,(H,20,22)/t15-/m1/s1. The number of ether oxygens (including phenoxy) is 2. The molecule has 2 aliphatic rings. The highest BCUT2D eigenvalue weighted by atomic mass is 32.2. The fourth-order valence-corrected chi connectivity index (χ4v) is 4.58. The molecule has 1 aromatic rings. The predicted octanol–water partition coefficient (Wildman–Crippen LogP) is 2.18. The van der Waals surface area contributed by atoms with Gasteiger partial charge in [-0.25, -0.2) is 0 Å². The lowest BCUT2D eigenvalue weighted by Gasteiger charge is -2.32. The van der Waals surface area contributed by atoms with Crippen LogP contribution in [0.5, 0.6) is 11.5 Å². The number of methoxy groups -OCH3 is 2. The number of benzene rings is 1. The van der Waals surface area contributed by atoms with Crippen LogP contribution in [0.2, 0.25) is 0 Å². The molecule has 1 N–H and O–H groups in total. The Morgan fingerprint density at radius 2 is 1.73 bits per heavy atom. The number of carbonyl (C=O) groups excluding carboxylic acids is 2. The quantitative estimate of drug-likeness (QED) is 0.851. The van der Waals surface area contributed by atoms with E-state index in [0.717, 1.165) is 17.9 Å². The van der Waals surface area contributed by atoms with Crippen LogP contribution in [0.4, 0.5) is 0 Å². The third kappa shape index (κ3) is 4.44. The lowest BCUT2D eigenvalue weighted by atomic mass is 9.95. The van der Waals surface area contributed by atoms with Crippen LogP contribution < -0.4 is 14.8 Å². The minimum atomic E-state index is -0.0479. The molecule has 2 amide bonds. The molecule has 142 valence electrons. The highest BCUT2D eigenvalue weighted by Crippen LogP contribution is 2.26. The number of carbonyl (C=O) groups is 2. The predicted molar refractivity (Wildman–Crippen MR) is 102 cm³/mol. The summed E-state index contributed by atoms with van der Waals surface area (Å²) >= 11 is 1.89. The number of nitrogens with zero attached hydrogens (tertiary/aromatic N) is 1. The molecule has 0 aromatic heterocycles. The Bertz CT molecular complexity index is 631. The summed E-state index contributed by atoms with van der Waals surface area (Å²) in [7, 11) is 3.13. The monoisotopic (exact) mass is 378 g/mol. The van der Waals surface area contributed by atoms with Gasteiger partial charge in [-0.05, 0) is 37.1 Å². The van der Waals surface area contributed by atoms with E-state index in [1.165, 1.54) is 0 Å². The van der Waals surface area contributed by atoms with Gasteiger partial charge >= 0.3 is 0 Å². The molecule has 0 unspecified atom stereocenters. The SMILES string of the molecule is COc1cc(OC)cc(C(=O)N2CCC(C(=O)N[C@@H]3CCSC3)CC2)c1. The minimum absolute atomic E-state index is 0.00416. The lowest BCUT2D eigenvalue weighted by Crippen LogP contribution is -2.45. The van der Waals surface area contributed by atoms with Crippen molar-refractivity contribution in [3.05, 3.63) is 23.8 Å². The van der Waals surface area contributed by atoms with Gasteiger partial charge in [-0.3, -0.25) is 9.59 Å². The first-order valence-corrected chi connectivity index (χ1v) is 10.2. The molecule has 7 heteroatoms. The van der Waals surface area contributed by atoms with Crippen molar-refractivity contribution in [1.82, 2.24) is 10.2 Å². The van der Waals surface area contributed by atoms with Gasteiger partial charge in [-0.15, -0.1) is 0 Å². The van der Waals surface area contributed by atoms with Gasteiger partial charge in [-0.2, -0.15) is 11.8 Å². The van der Waals surface area contributed by atoms with E-state index < -0.39 is 0 Å². The van der Waals surface area contributed by atoms with Crippen LogP contribution >= 0.6 is 11.8 Å². The molecule has 0 radical (unpaired) electrons. The van der Waals surface area contributed by atoms with E-state index in [-0.39, 0.29) is 17.7 Å². The maximum Gasteiger partial charge on any atom is 0.254 e. The molecule has 6 nitrogen and oxygen atoms in total. The molecule has 0 bridgehead atoms. The van der Waals surface area contributed by atoms with E-state index in [1.54, 1.807) is 32.4 Å². The Kier molecular flexibility index (Phi) is 6.29. The van der Waals surface area contributed by atoms with Crippen LogP contribution in [-0.4, -0.2) is 61.6 Å². The summed E-state index contributed by atoms with van der Waals surface area (Å²) in [6.07, 6.45) is 2.47. The molecule has 2 saturated heterocycles. The summed E-state index contributed by atoms with van der Waals surface area (Å²) in [4.78, 5) is 27.0. The van der Waals surface area contributed by atoms with Crippen molar-refractivity contribution in [2.24, 2.45) is 5.92 Å². The molecule has 3 rings (SSSR count). The molecule has 0 spiro atoms. The first kappa shape index (κ1) is 18.9. The number of rotatable bonds is 5. The third-order valence-corrected chi connectivity index (χ3v) is 6.19. The second-order valence-corrected chi connectivity index (χ2v) is 7.89. The van der Waals surface area contributed by atoms with Gasteiger partial charge in [0.1, 0.15) is 11.5 Å². The van der Waals surface area contributed by atoms with Crippen molar-refractivity contribution in [3.8, 4) is 11.5 Å². The van der Waals surface area contributed by atoms with Gasteiger partial charge in [0.2, 0.25) is 5.91 Å². The van der Waals surface area contributed by atoms with Crippen LogP contribution in [-0.2, 0) is 4.79 Å². The number of thioether (sulfide) groups is 1. The van der Waals surface area contributed by atoms with Crippen LogP contribution in [0.15, 0.2) is 18.2 Å². The van der Waals surface area contributed by atoms with Gasteiger partial charge < -0.3 is 19.7 Å². The highest BCUT2D eigenvalue weighted by Gasteiger charge is 2.29. The zero-order chi connectivity index (χ0) is 18.5. The summed E-state index contributed by atoms with van der Waals surface area (Å²) < 4.78 is 10.5.